The molecule has 0 spiro atoms. The monoisotopic (exact) mass is 244 g/mol. The Kier molecular flexibility index (Phi) is 4.57. The van der Waals surface area contributed by atoms with Gasteiger partial charge in [-0.3, -0.25) is 4.79 Å². The van der Waals surface area contributed by atoms with Crippen molar-refractivity contribution in [2.75, 3.05) is 0 Å². The zero-order valence-electron chi connectivity index (χ0n) is 11.6. The molecular formula is C17H24O. The van der Waals surface area contributed by atoms with Crippen molar-refractivity contribution in [3.63, 3.8) is 0 Å². The molecule has 1 saturated carbocycles. The van der Waals surface area contributed by atoms with Crippen molar-refractivity contribution in [3.8, 4) is 0 Å². The molecule has 2 rings (SSSR count). The maximum absolute atomic E-state index is 12.3. The van der Waals surface area contributed by atoms with Crippen molar-refractivity contribution in [3.05, 3.63) is 35.4 Å². The molecule has 98 valence electrons. The largest absolute Gasteiger partial charge is 0.294 e. The highest BCUT2D eigenvalue weighted by Crippen LogP contribution is 2.29. The average molecular weight is 244 g/mol. The molecule has 1 heteroatoms. The molecule has 18 heavy (non-hydrogen) atoms. The third-order valence-electron chi connectivity index (χ3n) is 4.14. The summed E-state index contributed by atoms with van der Waals surface area (Å²) in [6.07, 6.45) is 7.21. The molecule has 1 nitrogen and oxygen atoms in total. The first-order valence-corrected chi connectivity index (χ1v) is 7.30. The fourth-order valence-electron chi connectivity index (χ4n) is 3.02. The molecule has 0 aliphatic heterocycles. The molecule has 0 unspecified atom stereocenters. The summed E-state index contributed by atoms with van der Waals surface area (Å²) in [6.45, 7) is 4.31. The Balaban J connectivity index is 1.99. The summed E-state index contributed by atoms with van der Waals surface area (Å²) in [5.74, 6) is 1.57. The Morgan fingerprint density at radius 3 is 2.56 bits per heavy atom. The van der Waals surface area contributed by atoms with Crippen LogP contribution in [0.2, 0.25) is 0 Å². The molecule has 0 saturated heterocycles. The van der Waals surface area contributed by atoms with Crippen molar-refractivity contribution in [1.29, 1.82) is 0 Å². The molecule has 1 aromatic rings. The topological polar surface area (TPSA) is 17.1 Å². The lowest BCUT2D eigenvalue weighted by molar-refractivity contribution is 0.0972. The van der Waals surface area contributed by atoms with Crippen LogP contribution < -0.4 is 0 Å². The molecule has 0 atom stereocenters. The molecule has 0 bridgehead atoms. The minimum atomic E-state index is 0.339. The molecular weight excluding hydrogens is 220 g/mol. The van der Waals surface area contributed by atoms with Gasteiger partial charge >= 0.3 is 0 Å². The number of benzene rings is 1. The minimum Gasteiger partial charge on any atom is -0.294 e. The predicted molar refractivity (Wildman–Crippen MR) is 76.1 cm³/mol. The maximum atomic E-state index is 12.3. The van der Waals surface area contributed by atoms with Crippen molar-refractivity contribution in [2.24, 2.45) is 5.92 Å². The van der Waals surface area contributed by atoms with Crippen LogP contribution in [0.3, 0.4) is 0 Å². The van der Waals surface area contributed by atoms with E-state index < -0.39 is 0 Å². The van der Waals surface area contributed by atoms with Crippen molar-refractivity contribution < 1.29 is 4.79 Å². The molecule has 0 amide bonds. The second kappa shape index (κ2) is 6.17. The van der Waals surface area contributed by atoms with E-state index in [0.29, 0.717) is 11.7 Å². The number of ketones is 1. The standard InChI is InChI=1S/C17H24O/c1-13(2)15-9-5-6-10-16(15)17(18)12-11-14-7-3-4-8-14/h5-6,9-10,13-14H,3-4,7-8,11-12H2,1-2H3. The Morgan fingerprint density at radius 2 is 1.89 bits per heavy atom. The van der Waals surface area contributed by atoms with E-state index in [9.17, 15) is 4.79 Å². The normalized spacial score (nSPS) is 16.4. The summed E-state index contributed by atoms with van der Waals surface area (Å²) in [7, 11) is 0. The number of rotatable bonds is 5. The van der Waals surface area contributed by atoms with Gasteiger partial charge < -0.3 is 0 Å². The van der Waals surface area contributed by atoms with Gasteiger partial charge in [-0.05, 0) is 23.8 Å². The van der Waals surface area contributed by atoms with E-state index >= 15 is 0 Å². The summed E-state index contributed by atoms with van der Waals surface area (Å²) in [5, 5.41) is 0. The highest BCUT2D eigenvalue weighted by molar-refractivity contribution is 5.97. The van der Waals surface area contributed by atoms with Crippen molar-refractivity contribution in [2.45, 2.75) is 58.3 Å². The Morgan fingerprint density at radius 1 is 1.22 bits per heavy atom. The van der Waals surface area contributed by atoms with Gasteiger partial charge in [-0.25, -0.2) is 0 Å². The van der Waals surface area contributed by atoms with E-state index in [1.54, 1.807) is 0 Å². The van der Waals surface area contributed by atoms with Crippen LogP contribution in [-0.4, -0.2) is 5.78 Å². The lowest BCUT2D eigenvalue weighted by Crippen LogP contribution is -2.07. The molecule has 1 aliphatic rings. The van der Waals surface area contributed by atoms with Crippen LogP contribution in [0.15, 0.2) is 24.3 Å². The van der Waals surface area contributed by atoms with Gasteiger partial charge in [-0.1, -0.05) is 63.8 Å². The van der Waals surface area contributed by atoms with E-state index in [1.807, 2.05) is 18.2 Å². The Bertz CT molecular complexity index is 400. The number of carbonyl (C=O) groups is 1. The minimum absolute atomic E-state index is 0.339. The Hall–Kier alpha value is -1.11. The number of carbonyl (C=O) groups excluding carboxylic acids is 1. The van der Waals surface area contributed by atoms with Crippen LogP contribution in [0.25, 0.3) is 0 Å². The van der Waals surface area contributed by atoms with Crippen LogP contribution in [0.5, 0.6) is 0 Å². The van der Waals surface area contributed by atoms with E-state index in [0.717, 1.165) is 24.3 Å². The smallest absolute Gasteiger partial charge is 0.163 e. The summed E-state index contributed by atoms with van der Waals surface area (Å²) in [6, 6.07) is 8.09. The van der Waals surface area contributed by atoms with Crippen LogP contribution in [0.4, 0.5) is 0 Å². The average Bonchev–Trinajstić information content (AvgIpc) is 2.89. The molecule has 1 aromatic carbocycles. The van der Waals surface area contributed by atoms with Gasteiger partial charge in [-0.2, -0.15) is 0 Å². The third kappa shape index (κ3) is 3.22. The predicted octanol–water partition coefficient (Wildman–Crippen LogP) is 4.96. The molecule has 1 aliphatic carbocycles. The van der Waals surface area contributed by atoms with Crippen LogP contribution in [0.1, 0.15) is 74.2 Å². The zero-order valence-corrected chi connectivity index (χ0v) is 11.6. The lowest BCUT2D eigenvalue weighted by Gasteiger charge is -2.13. The second-order valence-electron chi connectivity index (χ2n) is 5.85. The van der Waals surface area contributed by atoms with Gasteiger partial charge in [0.25, 0.3) is 0 Å². The summed E-state index contributed by atoms with van der Waals surface area (Å²) < 4.78 is 0. The fraction of sp³-hybridized carbons (Fsp3) is 0.588. The Labute approximate surface area is 111 Å². The van der Waals surface area contributed by atoms with Gasteiger partial charge in [0.2, 0.25) is 0 Å². The zero-order chi connectivity index (χ0) is 13.0. The van der Waals surface area contributed by atoms with Crippen molar-refractivity contribution >= 4 is 5.78 Å². The number of hydrogen-bond acceptors (Lipinski definition) is 1. The molecule has 1 fully saturated rings. The maximum Gasteiger partial charge on any atom is 0.163 e. The fourth-order valence-corrected chi connectivity index (χ4v) is 3.02. The highest BCUT2D eigenvalue weighted by Gasteiger charge is 2.18. The van der Waals surface area contributed by atoms with Crippen LogP contribution in [-0.2, 0) is 0 Å². The number of hydrogen-bond donors (Lipinski definition) is 0. The first-order chi connectivity index (χ1) is 8.68. The third-order valence-corrected chi connectivity index (χ3v) is 4.14. The first-order valence-electron chi connectivity index (χ1n) is 7.30. The van der Waals surface area contributed by atoms with E-state index in [4.69, 9.17) is 0 Å². The number of Topliss-reactive ketones (excluding diaryl/α,β-unsaturated/α-hetero) is 1. The first kappa shape index (κ1) is 13.3. The summed E-state index contributed by atoms with van der Waals surface area (Å²) in [5.41, 5.74) is 2.15. The van der Waals surface area contributed by atoms with Gasteiger partial charge in [-0.15, -0.1) is 0 Å². The van der Waals surface area contributed by atoms with E-state index in [2.05, 4.69) is 19.9 Å². The molecule has 0 heterocycles. The SMILES string of the molecule is CC(C)c1ccccc1C(=O)CCC1CCCC1. The van der Waals surface area contributed by atoms with E-state index in [-0.39, 0.29) is 0 Å². The van der Waals surface area contributed by atoms with Crippen LogP contribution >= 0.6 is 0 Å². The summed E-state index contributed by atoms with van der Waals surface area (Å²) >= 11 is 0. The van der Waals surface area contributed by atoms with Gasteiger partial charge in [0.05, 0.1) is 0 Å². The van der Waals surface area contributed by atoms with Gasteiger partial charge in [0.15, 0.2) is 5.78 Å². The molecule has 0 N–H and O–H groups in total. The van der Waals surface area contributed by atoms with Gasteiger partial charge in [0.1, 0.15) is 0 Å². The van der Waals surface area contributed by atoms with Gasteiger partial charge in [0, 0.05) is 12.0 Å². The highest BCUT2D eigenvalue weighted by atomic mass is 16.1. The summed E-state index contributed by atoms with van der Waals surface area (Å²) in [4.78, 5) is 12.3. The lowest BCUT2D eigenvalue weighted by atomic mass is 9.91. The second-order valence-corrected chi connectivity index (χ2v) is 5.85. The van der Waals surface area contributed by atoms with Crippen molar-refractivity contribution in [1.82, 2.24) is 0 Å². The quantitative estimate of drug-likeness (QED) is 0.669. The van der Waals surface area contributed by atoms with E-state index in [1.165, 1.54) is 31.2 Å². The van der Waals surface area contributed by atoms with Crippen LogP contribution in [0, 0.1) is 5.92 Å². The molecule has 0 aromatic heterocycles. The molecule has 0 radical (unpaired) electrons.